The van der Waals surface area contributed by atoms with Gasteiger partial charge < -0.3 is 21.7 Å². The summed E-state index contributed by atoms with van der Waals surface area (Å²) in [6, 6.07) is 8.11. The summed E-state index contributed by atoms with van der Waals surface area (Å²) in [7, 11) is 0. The predicted molar refractivity (Wildman–Crippen MR) is 142 cm³/mol. The van der Waals surface area contributed by atoms with E-state index in [4.69, 9.17) is 17.3 Å². The number of carbonyl (C=O) groups excluding carboxylic acids is 2. The van der Waals surface area contributed by atoms with Crippen molar-refractivity contribution in [1.29, 1.82) is 0 Å². The number of fused-ring (bicyclic) bond motifs is 1. The van der Waals surface area contributed by atoms with Crippen molar-refractivity contribution in [2.45, 2.75) is 33.0 Å². The minimum atomic E-state index is -4.66. The Morgan fingerprint density at radius 1 is 0.949 bits per heavy atom. The topological polar surface area (TPSA) is 140 Å². The Kier molecular flexibility index (Phi) is 7.48. The fourth-order valence-electron chi connectivity index (χ4n) is 3.52. The number of carbonyl (C=O) groups is 2. The number of nitrogens with two attached hydrogens (primary N) is 1. The number of hydrogen-bond acceptors (Lipinski definition) is 6. The molecule has 0 fully saturated rings. The summed E-state index contributed by atoms with van der Waals surface area (Å²) in [6.45, 7) is 5.56. The molecule has 3 amide bonds. The Morgan fingerprint density at radius 2 is 1.59 bits per heavy atom. The predicted octanol–water partition coefficient (Wildman–Crippen LogP) is 5.44. The standard InChI is InChI=1S/C25H24ClF3N8O2/c1-24(2,3)19(30)22(38)36-20-18-21(32-11-31-20)37(12-33-18)15-7-4-13(5-8-15)34-23(39)35-14-6-9-17(26)16(10-14)25(27,28)29/h4-12,19H,30H2,1-3H3,(H2,34,35,39)(H,31,32,36,38)/t19-/m1/s1. The summed E-state index contributed by atoms with van der Waals surface area (Å²) >= 11 is 5.61. The molecule has 0 aliphatic carbocycles. The van der Waals surface area contributed by atoms with E-state index in [0.29, 0.717) is 22.5 Å². The van der Waals surface area contributed by atoms with Gasteiger partial charge in [0.1, 0.15) is 12.7 Å². The third kappa shape index (κ3) is 6.26. The van der Waals surface area contributed by atoms with Crippen LogP contribution in [-0.2, 0) is 11.0 Å². The molecule has 0 aliphatic rings. The van der Waals surface area contributed by atoms with Crippen molar-refractivity contribution < 1.29 is 22.8 Å². The van der Waals surface area contributed by atoms with Crippen molar-refractivity contribution in [3.63, 3.8) is 0 Å². The third-order valence-corrected chi connectivity index (χ3v) is 6.05. The minimum Gasteiger partial charge on any atom is -0.319 e. The zero-order valence-electron chi connectivity index (χ0n) is 21.0. The highest BCUT2D eigenvalue weighted by Crippen LogP contribution is 2.36. The van der Waals surface area contributed by atoms with Gasteiger partial charge in [-0.15, -0.1) is 0 Å². The molecule has 39 heavy (non-hydrogen) atoms. The molecule has 14 heteroatoms. The van der Waals surface area contributed by atoms with E-state index in [2.05, 4.69) is 30.9 Å². The number of nitrogens with one attached hydrogen (secondary N) is 3. The van der Waals surface area contributed by atoms with Gasteiger partial charge in [-0.1, -0.05) is 32.4 Å². The van der Waals surface area contributed by atoms with Gasteiger partial charge in [0.05, 0.1) is 16.6 Å². The van der Waals surface area contributed by atoms with Crippen LogP contribution < -0.4 is 21.7 Å². The van der Waals surface area contributed by atoms with Gasteiger partial charge in [0.15, 0.2) is 17.0 Å². The monoisotopic (exact) mass is 560 g/mol. The Balaban J connectivity index is 1.48. The van der Waals surface area contributed by atoms with Crippen LogP contribution in [0, 0.1) is 5.41 Å². The number of amides is 3. The summed E-state index contributed by atoms with van der Waals surface area (Å²) in [5.41, 5.74) is 6.25. The summed E-state index contributed by atoms with van der Waals surface area (Å²) in [6.07, 6.45) is -1.86. The largest absolute Gasteiger partial charge is 0.417 e. The first kappa shape index (κ1) is 27.8. The quantitative estimate of drug-likeness (QED) is 0.256. The third-order valence-electron chi connectivity index (χ3n) is 5.72. The van der Waals surface area contributed by atoms with Gasteiger partial charge in [-0.2, -0.15) is 13.2 Å². The summed E-state index contributed by atoms with van der Waals surface area (Å²) in [5, 5.41) is 7.14. The van der Waals surface area contributed by atoms with Crippen molar-refractivity contribution in [3.8, 4) is 5.69 Å². The zero-order valence-corrected chi connectivity index (χ0v) is 21.7. The fraction of sp³-hybridized carbons (Fsp3) is 0.240. The van der Waals surface area contributed by atoms with Crippen molar-refractivity contribution in [2.75, 3.05) is 16.0 Å². The Labute approximate surface area is 225 Å². The van der Waals surface area contributed by atoms with E-state index in [1.54, 1.807) is 28.8 Å². The lowest BCUT2D eigenvalue weighted by Gasteiger charge is -2.25. The van der Waals surface area contributed by atoms with Crippen LogP contribution in [0.25, 0.3) is 16.9 Å². The van der Waals surface area contributed by atoms with Gasteiger partial charge in [-0.3, -0.25) is 9.36 Å². The van der Waals surface area contributed by atoms with Crippen LogP contribution >= 0.6 is 11.6 Å². The number of urea groups is 1. The highest BCUT2D eigenvalue weighted by Gasteiger charge is 2.33. The number of imidazole rings is 1. The van der Waals surface area contributed by atoms with E-state index in [1.165, 1.54) is 18.7 Å². The van der Waals surface area contributed by atoms with E-state index in [9.17, 15) is 22.8 Å². The lowest BCUT2D eigenvalue weighted by atomic mass is 9.87. The maximum absolute atomic E-state index is 13.1. The molecule has 4 aromatic rings. The van der Waals surface area contributed by atoms with Crippen molar-refractivity contribution >= 4 is 51.9 Å². The number of rotatable bonds is 5. The van der Waals surface area contributed by atoms with Gasteiger partial charge in [0, 0.05) is 17.1 Å². The van der Waals surface area contributed by atoms with Crippen molar-refractivity contribution in [2.24, 2.45) is 11.1 Å². The van der Waals surface area contributed by atoms with Crippen LogP contribution in [0.15, 0.2) is 55.1 Å². The van der Waals surface area contributed by atoms with Gasteiger partial charge in [0.2, 0.25) is 5.91 Å². The Morgan fingerprint density at radius 3 is 2.23 bits per heavy atom. The van der Waals surface area contributed by atoms with Crippen LogP contribution in [0.4, 0.5) is 35.2 Å². The first-order valence-corrected chi connectivity index (χ1v) is 11.9. The van der Waals surface area contributed by atoms with Gasteiger partial charge in [-0.25, -0.2) is 19.7 Å². The van der Waals surface area contributed by atoms with E-state index in [1.807, 2.05) is 20.8 Å². The second-order valence-corrected chi connectivity index (χ2v) is 10.1. The number of nitrogens with zero attached hydrogens (tertiary/aromatic N) is 4. The maximum atomic E-state index is 13.1. The maximum Gasteiger partial charge on any atom is 0.417 e. The SMILES string of the molecule is CC(C)(C)[C@H](N)C(=O)Nc1ncnc2c1ncn2-c1ccc(NC(=O)Nc2ccc(Cl)c(C(F)(F)F)c2)cc1. The van der Waals surface area contributed by atoms with E-state index in [0.717, 1.165) is 12.1 Å². The first-order chi connectivity index (χ1) is 18.2. The van der Waals surface area contributed by atoms with Crippen molar-refractivity contribution in [1.82, 2.24) is 19.5 Å². The zero-order chi connectivity index (χ0) is 28.5. The molecule has 2 aromatic carbocycles. The molecule has 0 radical (unpaired) electrons. The molecule has 0 spiro atoms. The van der Waals surface area contributed by atoms with Crippen LogP contribution in [0.1, 0.15) is 26.3 Å². The second-order valence-electron chi connectivity index (χ2n) is 9.66. The number of alkyl halides is 3. The molecule has 0 saturated carbocycles. The number of hydrogen-bond donors (Lipinski definition) is 4. The molecule has 0 bridgehead atoms. The van der Waals surface area contributed by atoms with Gasteiger partial charge in [-0.05, 0) is 47.9 Å². The molecule has 0 unspecified atom stereocenters. The molecule has 5 N–H and O–H groups in total. The van der Waals surface area contributed by atoms with E-state index < -0.39 is 40.2 Å². The highest BCUT2D eigenvalue weighted by molar-refractivity contribution is 6.31. The molecule has 2 heterocycles. The molecular weight excluding hydrogens is 537 g/mol. The lowest BCUT2D eigenvalue weighted by molar-refractivity contribution is -0.137. The minimum absolute atomic E-state index is 0.0724. The fourth-order valence-corrected chi connectivity index (χ4v) is 3.75. The lowest BCUT2D eigenvalue weighted by Crippen LogP contribution is -2.45. The van der Waals surface area contributed by atoms with Crippen molar-refractivity contribution in [3.05, 3.63) is 65.7 Å². The molecule has 0 aliphatic heterocycles. The van der Waals surface area contributed by atoms with Crippen LogP contribution in [0.5, 0.6) is 0 Å². The normalized spacial score (nSPS) is 12.7. The summed E-state index contributed by atoms with van der Waals surface area (Å²) in [5.74, 6) is -0.187. The van der Waals surface area contributed by atoms with E-state index >= 15 is 0 Å². The average Bonchev–Trinajstić information content (AvgIpc) is 3.29. The van der Waals surface area contributed by atoms with E-state index in [-0.39, 0.29) is 11.5 Å². The number of aromatic nitrogens is 4. The Hall–Kier alpha value is -4.23. The summed E-state index contributed by atoms with van der Waals surface area (Å²) < 4.78 is 40.9. The molecule has 0 saturated heterocycles. The van der Waals surface area contributed by atoms with Gasteiger partial charge in [0.25, 0.3) is 0 Å². The molecular formula is C25H24ClF3N8O2. The van der Waals surface area contributed by atoms with Gasteiger partial charge >= 0.3 is 12.2 Å². The molecule has 204 valence electrons. The molecule has 4 rings (SSSR count). The summed E-state index contributed by atoms with van der Waals surface area (Å²) in [4.78, 5) is 37.6. The average molecular weight is 561 g/mol. The number of halogens is 4. The van der Waals surface area contributed by atoms with Crippen LogP contribution in [0.3, 0.4) is 0 Å². The Bertz CT molecular complexity index is 1530. The smallest absolute Gasteiger partial charge is 0.319 e. The number of benzene rings is 2. The number of anilines is 3. The molecule has 10 nitrogen and oxygen atoms in total. The molecule has 1 atom stereocenters. The van der Waals surface area contributed by atoms with Crippen LogP contribution in [-0.4, -0.2) is 37.5 Å². The first-order valence-electron chi connectivity index (χ1n) is 11.5. The van der Waals surface area contributed by atoms with Crippen LogP contribution in [0.2, 0.25) is 5.02 Å². The molecule has 2 aromatic heterocycles. The second kappa shape index (κ2) is 10.5. The highest BCUT2D eigenvalue weighted by atomic mass is 35.5.